The van der Waals surface area contributed by atoms with Gasteiger partial charge in [0, 0.05) is 17.7 Å². The van der Waals surface area contributed by atoms with E-state index in [1.54, 1.807) is 66.7 Å². The van der Waals surface area contributed by atoms with E-state index in [1.165, 1.54) is 0 Å². The second kappa shape index (κ2) is 10.3. The molecule has 154 valence electrons. The van der Waals surface area contributed by atoms with Crippen LogP contribution in [0.5, 0.6) is 5.75 Å². The Morgan fingerprint density at radius 1 is 0.900 bits per heavy atom. The van der Waals surface area contributed by atoms with Crippen LogP contribution in [0.25, 0.3) is 0 Å². The van der Waals surface area contributed by atoms with E-state index in [0.717, 1.165) is 0 Å². The molecule has 3 aromatic carbocycles. The second-order valence-corrected chi connectivity index (χ2v) is 7.25. The number of carbonyl (C=O) groups is 2. The highest BCUT2D eigenvalue weighted by molar-refractivity contribution is 6.42. The molecule has 7 heteroatoms. The SMILES string of the molecule is O=C(NCC(O)COc1cccc(Cl)c1Cl)c1ccccc1C(=O)c1ccccc1. The quantitative estimate of drug-likeness (QED) is 0.506. The number of hydrogen-bond donors (Lipinski definition) is 2. The van der Waals surface area contributed by atoms with Crippen molar-refractivity contribution in [3.05, 3.63) is 99.5 Å². The zero-order valence-corrected chi connectivity index (χ0v) is 17.4. The van der Waals surface area contributed by atoms with E-state index in [9.17, 15) is 14.7 Å². The lowest BCUT2D eigenvalue weighted by Crippen LogP contribution is -2.36. The fourth-order valence-electron chi connectivity index (χ4n) is 2.77. The molecule has 0 fully saturated rings. The lowest BCUT2D eigenvalue weighted by atomic mass is 9.98. The van der Waals surface area contributed by atoms with E-state index in [1.807, 2.05) is 6.07 Å². The van der Waals surface area contributed by atoms with E-state index in [2.05, 4.69) is 5.32 Å². The summed E-state index contributed by atoms with van der Waals surface area (Å²) in [5.41, 5.74) is 1.01. The van der Waals surface area contributed by atoms with Gasteiger partial charge in [-0.25, -0.2) is 0 Å². The lowest BCUT2D eigenvalue weighted by molar-refractivity contribution is 0.0840. The van der Waals surface area contributed by atoms with Gasteiger partial charge in [0.2, 0.25) is 0 Å². The Labute approximate surface area is 184 Å². The molecule has 3 rings (SSSR count). The summed E-state index contributed by atoms with van der Waals surface area (Å²) in [6.07, 6.45) is -0.985. The molecule has 0 aliphatic heterocycles. The zero-order valence-electron chi connectivity index (χ0n) is 15.8. The summed E-state index contributed by atoms with van der Waals surface area (Å²) in [6.45, 7) is -0.157. The van der Waals surface area contributed by atoms with Crippen molar-refractivity contribution in [2.45, 2.75) is 6.10 Å². The van der Waals surface area contributed by atoms with Crippen LogP contribution in [-0.2, 0) is 0 Å². The summed E-state index contributed by atoms with van der Waals surface area (Å²) in [4.78, 5) is 25.4. The topological polar surface area (TPSA) is 75.6 Å². The van der Waals surface area contributed by atoms with Crippen molar-refractivity contribution in [1.29, 1.82) is 0 Å². The molecule has 1 atom stereocenters. The van der Waals surface area contributed by atoms with Gasteiger partial charge in [0.1, 0.15) is 23.5 Å². The van der Waals surface area contributed by atoms with Gasteiger partial charge in [-0.3, -0.25) is 9.59 Å². The number of aliphatic hydroxyl groups is 1. The molecule has 0 saturated carbocycles. The number of amides is 1. The number of ketones is 1. The predicted octanol–water partition coefficient (Wildman–Crippen LogP) is 4.39. The standard InChI is InChI=1S/C23H19Cl2NO4/c24-19-11-6-12-20(21(19)25)30-14-16(27)13-26-23(29)18-10-5-4-9-17(18)22(28)15-7-2-1-3-8-15/h1-12,16,27H,13-14H2,(H,26,29). The van der Waals surface area contributed by atoms with Gasteiger partial charge in [0.15, 0.2) is 5.78 Å². The molecule has 0 radical (unpaired) electrons. The van der Waals surface area contributed by atoms with Gasteiger partial charge in [0.05, 0.1) is 10.6 Å². The summed E-state index contributed by atoms with van der Waals surface area (Å²) in [5.74, 6) is -0.371. The third-order valence-corrected chi connectivity index (χ3v) is 5.10. The van der Waals surface area contributed by atoms with Gasteiger partial charge in [-0.15, -0.1) is 0 Å². The first kappa shape index (κ1) is 21.8. The first-order chi connectivity index (χ1) is 14.5. The number of benzene rings is 3. The lowest BCUT2D eigenvalue weighted by Gasteiger charge is -2.15. The van der Waals surface area contributed by atoms with Crippen LogP contribution in [0, 0.1) is 0 Å². The first-order valence-electron chi connectivity index (χ1n) is 9.19. The number of aliphatic hydroxyl groups excluding tert-OH is 1. The molecule has 5 nitrogen and oxygen atoms in total. The number of rotatable bonds is 8. The minimum atomic E-state index is -0.985. The fraction of sp³-hybridized carbons (Fsp3) is 0.130. The number of hydrogen-bond acceptors (Lipinski definition) is 4. The number of ether oxygens (including phenoxy) is 1. The Bertz CT molecular complexity index is 1040. The fourth-order valence-corrected chi connectivity index (χ4v) is 3.12. The van der Waals surface area contributed by atoms with Crippen molar-refractivity contribution in [2.75, 3.05) is 13.2 Å². The smallest absolute Gasteiger partial charge is 0.252 e. The van der Waals surface area contributed by atoms with Crippen molar-refractivity contribution >= 4 is 34.9 Å². The van der Waals surface area contributed by atoms with Crippen LogP contribution in [0.15, 0.2) is 72.8 Å². The highest BCUT2D eigenvalue weighted by Gasteiger charge is 2.18. The summed E-state index contributed by atoms with van der Waals surface area (Å²) >= 11 is 12.0. The van der Waals surface area contributed by atoms with Crippen molar-refractivity contribution < 1.29 is 19.4 Å². The van der Waals surface area contributed by atoms with E-state index in [4.69, 9.17) is 27.9 Å². The Morgan fingerprint density at radius 2 is 1.57 bits per heavy atom. The van der Waals surface area contributed by atoms with E-state index in [-0.39, 0.29) is 35.1 Å². The minimum absolute atomic E-state index is 0.0646. The monoisotopic (exact) mass is 443 g/mol. The maximum Gasteiger partial charge on any atom is 0.252 e. The Kier molecular flexibility index (Phi) is 7.46. The Morgan fingerprint density at radius 3 is 2.30 bits per heavy atom. The number of nitrogens with one attached hydrogen (secondary N) is 1. The average molecular weight is 444 g/mol. The summed E-state index contributed by atoms with van der Waals surface area (Å²) in [7, 11) is 0. The van der Waals surface area contributed by atoms with Gasteiger partial charge in [0.25, 0.3) is 5.91 Å². The van der Waals surface area contributed by atoms with E-state index in [0.29, 0.717) is 16.3 Å². The molecule has 0 heterocycles. The molecule has 30 heavy (non-hydrogen) atoms. The molecule has 0 aliphatic rings. The van der Waals surface area contributed by atoms with Crippen molar-refractivity contribution in [1.82, 2.24) is 5.32 Å². The summed E-state index contributed by atoms with van der Waals surface area (Å²) < 4.78 is 5.47. The summed E-state index contributed by atoms with van der Waals surface area (Å²) in [5, 5.41) is 13.4. The highest BCUT2D eigenvalue weighted by Crippen LogP contribution is 2.31. The third-order valence-electron chi connectivity index (χ3n) is 4.30. The van der Waals surface area contributed by atoms with Gasteiger partial charge in [-0.2, -0.15) is 0 Å². The third kappa shape index (κ3) is 5.39. The van der Waals surface area contributed by atoms with Crippen LogP contribution < -0.4 is 10.1 Å². The normalized spacial score (nSPS) is 11.6. The molecule has 0 aromatic heterocycles. The van der Waals surface area contributed by atoms with Gasteiger partial charge in [-0.05, 0) is 18.2 Å². The molecule has 2 N–H and O–H groups in total. The van der Waals surface area contributed by atoms with E-state index < -0.39 is 12.0 Å². The maximum atomic E-state index is 12.8. The number of halogens is 2. The Hall–Kier alpha value is -2.86. The maximum absolute atomic E-state index is 12.8. The predicted molar refractivity (Wildman–Crippen MR) is 117 cm³/mol. The van der Waals surface area contributed by atoms with Crippen LogP contribution in [0.3, 0.4) is 0 Å². The molecular weight excluding hydrogens is 425 g/mol. The minimum Gasteiger partial charge on any atom is -0.489 e. The molecule has 0 aliphatic carbocycles. The van der Waals surface area contributed by atoms with Gasteiger partial charge >= 0.3 is 0 Å². The first-order valence-corrected chi connectivity index (χ1v) is 9.95. The molecule has 1 amide bonds. The highest BCUT2D eigenvalue weighted by atomic mass is 35.5. The molecule has 0 spiro atoms. The summed E-state index contributed by atoms with van der Waals surface area (Å²) in [6, 6.07) is 20.2. The largest absolute Gasteiger partial charge is 0.489 e. The Balaban J connectivity index is 1.61. The molecular formula is C23H19Cl2NO4. The average Bonchev–Trinajstić information content (AvgIpc) is 2.78. The number of carbonyl (C=O) groups excluding carboxylic acids is 2. The van der Waals surface area contributed by atoms with Crippen LogP contribution in [0.2, 0.25) is 10.0 Å². The van der Waals surface area contributed by atoms with Gasteiger partial charge < -0.3 is 15.2 Å². The van der Waals surface area contributed by atoms with Crippen LogP contribution in [-0.4, -0.2) is 36.1 Å². The molecule has 3 aromatic rings. The van der Waals surface area contributed by atoms with Crippen LogP contribution in [0.1, 0.15) is 26.3 Å². The molecule has 0 bridgehead atoms. The van der Waals surface area contributed by atoms with Crippen LogP contribution >= 0.6 is 23.2 Å². The molecule has 1 unspecified atom stereocenters. The molecule has 0 saturated heterocycles. The van der Waals surface area contributed by atoms with Crippen LogP contribution in [0.4, 0.5) is 0 Å². The van der Waals surface area contributed by atoms with Gasteiger partial charge in [-0.1, -0.05) is 77.8 Å². The second-order valence-electron chi connectivity index (χ2n) is 6.47. The van der Waals surface area contributed by atoms with Crippen molar-refractivity contribution in [3.8, 4) is 5.75 Å². The van der Waals surface area contributed by atoms with Crippen molar-refractivity contribution in [2.24, 2.45) is 0 Å². The zero-order chi connectivity index (χ0) is 21.5. The van der Waals surface area contributed by atoms with Crippen molar-refractivity contribution in [3.63, 3.8) is 0 Å². The van der Waals surface area contributed by atoms with E-state index >= 15 is 0 Å².